The van der Waals surface area contributed by atoms with E-state index in [0.29, 0.717) is 11.3 Å². The molecule has 2 atom stereocenters. The molecule has 2 rings (SSSR count). The zero-order chi connectivity index (χ0) is 16.8. The number of piperidine rings is 1. The van der Waals surface area contributed by atoms with Crippen molar-refractivity contribution >= 4 is 17.5 Å². The molecule has 1 heterocycles. The maximum absolute atomic E-state index is 12.5. The van der Waals surface area contributed by atoms with E-state index >= 15 is 0 Å². The van der Waals surface area contributed by atoms with Gasteiger partial charge in [0.05, 0.1) is 17.2 Å². The number of nitrogens with one attached hydrogen (secondary N) is 2. The summed E-state index contributed by atoms with van der Waals surface area (Å²) in [4.78, 5) is 27.0. The fourth-order valence-electron chi connectivity index (χ4n) is 2.81. The molecule has 0 spiro atoms. The van der Waals surface area contributed by atoms with Crippen LogP contribution in [0.5, 0.6) is 0 Å². The standard InChI is InChI=1S/C18H27N3O2/c1-4-13(2)19-18(23)15-9-5-6-10-16(15)20-17(22)14-8-7-11-21(3)12-14/h5-6,9-10,13-14H,4,7-8,11-12H2,1-3H3,(H,19,23)(H,20,22). The number of hydrogen-bond donors (Lipinski definition) is 2. The average molecular weight is 317 g/mol. The molecule has 0 bridgehead atoms. The predicted octanol–water partition coefficient (Wildman–Crippen LogP) is 2.50. The summed E-state index contributed by atoms with van der Waals surface area (Å²) in [7, 11) is 2.03. The lowest BCUT2D eigenvalue weighted by atomic mass is 9.97. The first-order chi connectivity index (χ1) is 11.0. The molecule has 0 aromatic heterocycles. The van der Waals surface area contributed by atoms with E-state index in [1.54, 1.807) is 12.1 Å². The number of para-hydroxylation sites is 1. The highest BCUT2D eigenvalue weighted by atomic mass is 16.2. The third-order valence-corrected chi connectivity index (χ3v) is 4.41. The minimum Gasteiger partial charge on any atom is -0.350 e. The fourth-order valence-corrected chi connectivity index (χ4v) is 2.81. The molecule has 23 heavy (non-hydrogen) atoms. The zero-order valence-electron chi connectivity index (χ0n) is 14.3. The van der Waals surface area contributed by atoms with E-state index < -0.39 is 0 Å². The first-order valence-corrected chi connectivity index (χ1v) is 8.40. The molecule has 1 saturated heterocycles. The number of rotatable bonds is 5. The van der Waals surface area contributed by atoms with Crippen molar-refractivity contribution in [3.8, 4) is 0 Å². The van der Waals surface area contributed by atoms with Crippen LogP contribution < -0.4 is 10.6 Å². The van der Waals surface area contributed by atoms with Gasteiger partial charge in [0.25, 0.3) is 5.91 Å². The molecule has 1 aliphatic rings. The van der Waals surface area contributed by atoms with Crippen LogP contribution >= 0.6 is 0 Å². The Bertz CT molecular complexity index is 559. The minimum absolute atomic E-state index is 0.000315. The van der Waals surface area contributed by atoms with E-state index in [2.05, 4.69) is 15.5 Å². The Hall–Kier alpha value is -1.88. The van der Waals surface area contributed by atoms with Crippen LogP contribution in [0, 0.1) is 5.92 Å². The largest absolute Gasteiger partial charge is 0.350 e. The Morgan fingerprint density at radius 2 is 2.09 bits per heavy atom. The predicted molar refractivity (Wildman–Crippen MR) is 92.5 cm³/mol. The Morgan fingerprint density at radius 3 is 2.78 bits per heavy atom. The van der Waals surface area contributed by atoms with Gasteiger partial charge in [0.2, 0.25) is 5.91 Å². The van der Waals surface area contributed by atoms with E-state index in [0.717, 1.165) is 32.4 Å². The normalized spacial score (nSPS) is 19.9. The van der Waals surface area contributed by atoms with Crippen molar-refractivity contribution in [2.24, 2.45) is 5.92 Å². The van der Waals surface area contributed by atoms with E-state index in [9.17, 15) is 9.59 Å². The molecular formula is C18H27N3O2. The second-order valence-corrected chi connectivity index (χ2v) is 6.42. The summed E-state index contributed by atoms with van der Waals surface area (Å²) in [5.41, 5.74) is 1.11. The van der Waals surface area contributed by atoms with Crippen molar-refractivity contribution in [1.29, 1.82) is 0 Å². The number of amides is 2. The molecule has 126 valence electrons. The lowest BCUT2D eigenvalue weighted by molar-refractivity contribution is -0.121. The van der Waals surface area contributed by atoms with Crippen molar-refractivity contribution in [1.82, 2.24) is 10.2 Å². The van der Waals surface area contributed by atoms with Gasteiger partial charge in [-0.1, -0.05) is 19.1 Å². The van der Waals surface area contributed by atoms with E-state index in [1.807, 2.05) is 33.0 Å². The van der Waals surface area contributed by atoms with Gasteiger partial charge in [0, 0.05) is 12.6 Å². The summed E-state index contributed by atoms with van der Waals surface area (Å²) < 4.78 is 0. The van der Waals surface area contributed by atoms with Crippen LogP contribution in [0.25, 0.3) is 0 Å². The van der Waals surface area contributed by atoms with Crippen LogP contribution in [-0.2, 0) is 4.79 Å². The highest BCUT2D eigenvalue weighted by Gasteiger charge is 2.25. The molecule has 1 aliphatic heterocycles. The first kappa shape index (κ1) is 17.5. The molecule has 2 N–H and O–H groups in total. The summed E-state index contributed by atoms with van der Waals surface area (Å²) in [6, 6.07) is 7.30. The second kappa shape index (κ2) is 8.11. The summed E-state index contributed by atoms with van der Waals surface area (Å²) in [5, 5.41) is 5.89. The van der Waals surface area contributed by atoms with Crippen molar-refractivity contribution in [3.63, 3.8) is 0 Å². The average Bonchev–Trinajstić information content (AvgIpc) is 2.55. The Morgan fingerprint density at radius 1 is 1.35 bits per heavy atom. The summed E-state index contributed by atoms with van der Waals surface area (Å²) >= 11 is 0. The van der Waals surface area contributed by atoms with E-state index in [4.69, 9.17) is 0 Å². The Balaban J connectivity index is 2.07. The summed E-state index contributed by atoms with van der Waals surface area (Å²) in [5.74, 6) is -0.157. The van der Waals surface area contributed by atoms with Gasteiger partial charge in [0.1, 0.15) is 0 Å². The lowest BCUT2D eigenvalue weighted by Gasteiger charge is -2.29. The maximum Gasteiger partial charge on any atom is 0.253 e. The fraction of sp³-hybridized carbons (Fsp3) is 0.556. The van der Waals surface area contributed by atoms with Gasteiger partial charge in [-0.25, -0.2) is 0 Å². The highest BCUT2D eigenvalue weighted by molar-refractivity contribution is 6.04. The summed E-state index contributed by atoms with van der Waals surface area (Å²) in [6.07, 6.45) is 2.80. The van der Waals surface area contributed by atoms with Crippen LogP contribution in [0.4, 0.5) is 5.69 Å². The monoisotopic (exact) mass is 317 g/mol. The maximum atomic E-state index is 12.5. The van der Waals surface area contributed by atoms with Crippen molar-refractivity contribution in [2.45, 2.75) is 39.2 Å². The highest BCUT2D eigenvalue weighted by Crippen LogP contribution is 2.20. The topological polar surface area (TPSA) is 61.4 Å². The van der Waals surface area contributed by atoms with Crippen LogP contribution in [0.3, 0.4) is 0 Å². The third kappa shape index (κ3) is 4.79. The molecule has 0 radical (unpaired) electrons. The second-order valence-electron chi connectivity index (χ2n) is 6.42. The Labute approximate surface area is 138 Å². The number of anilines is 1. The minimum atomic E-state index is -0.143. The smallest absolute Gasteiger partial charge is 0.253 e. The van der Waals surface area contributed by atoms with Gasteiger partial charge in [-0.15, -0.1) is 0 Å². The lowest BCUT2D eigenvalue weighted by Crippen LogP contribution is -2.39. The number of carbonyl (C=O) groups is 2. The summed E-state index contributed by atoms with van der Waals surface area (Å²) in [6.45, 7) is 5.81. The Kier molecular flexibility index (Phi) is 6.16. The van der Waals surface area contributed by atoms with E-state index in [-0.39, 0.29) is 23.8 Å². The van der Waals surface area contributed by atoms with Crippen LogP contribution in [0.15, 0.2) is 24.3 Å². The molecule has 0 saturated carbocycles. The number of benzene rings is 1. The molecule has 2 amide bonds. The van der Waals surface area contributed by atoms with Gasteiger partial charge < -0.3 is 15.5 Å². The van der Waals surface area contributed by atoms with Crippen LogP contribution in [0.2, 0.25) is 0 Å². The van der Waals surface area contributed by atoms with Crippen molar-refractivity contribution < 1.29 is 9.59 Å². The van der Waals surface area contributed by atoms with Crippen molar-refractivity contribution in [2.75, 3.05) is 25.5 Å². The molecule has 1 aromatic carbocycles. The molecular weight excluding hydrogens is 290 g/mol. The molecule has 1 aromatic rings. The quantitative estimate of drug-likeness (QED) is 0.877. The van der Waals surface area contributed by atoms with Gasteiger partial charge in [-0.2, -0.15) is 0 Å². The third-order valence-electron chi connectivity index (χ3n) is 4.41. The molecule has 0 aliphatic carbocycles. The number of likely N-dealkylation sites (tertiary alicyclic amines) is 1. The van der Waals surface area contributed by atoms with Gasteiger partial charge in [0.15, 0.2) is 0 Å². The van der Waals surface area contributed by atoms with Crippen LogP contribution in [-0.4, -0.2) is 42.9 Å². The SMILES string of the molecule is CCC(C)NC(=O)c1ccccc1NC(=O)C1CCCN(C)C1. The molecule has 5 heteroatoms. The van der Waals surface area contributed by atoms with E-state index in [1.165, 1.54) is 0 Å². The van der Waals surface area contributed by atoms with Crippen LogP contribution in [0.1, 0.15) is 43.5 Å². The number of hydrogen-bond acceptors (Lipinski definition) is 3. The number of nitrogens with zero attached hydrogens (tertiary/aromatic N) is 1. The molecule has 1 fully saturated rings. The molecule has 2 unspecified atom stereocenters. The zero-order valence-corrected chi connectivity index (χ0v) is 14.3. The van der Waals surface area contributed by atoms with Crippen molar-refractivity contribution in [3.05, 3.63) is 29.8 Å². The van der Waals surface area contributed by atoms with Gasteiger partial charge in [-0.05, 0) is 51.9 Å². The van der Waals surface area contributed by atoms with Gasteiger partial charge in [-0.3, -0.25) is 9.59 Å². The molecule has 5 nitrogen and oxygen atoms in total. The van der Waals surface area contributed by atoms with Gasteiger partial charge >= 0.3 is 0 Å². The first-order valence-electron chi connectivity index (χ1n) is 8.40. The number of carbonyl (C=O) groups excluding carboxylic acids is 2.